The maximum atomic E-state index is 11.8. The highest BCUT2D eigenvalue weighted by Crippen LogP contribution is 2.25. The number of H-pyrrole nitrogens is 1. The fraction of sp³-hybridized carbons (Fsp3) is 0.450. The number of aromatic amines is 1. The van der Waals surface area contributed by atoms with Gasteiger partial charge in [0.1, 0.15) is 11.8 Å². The lowest BCUT2D eigenvalue weighted by Crippen LogP contribution is -2.42. The van der Waals surface area contributed by atoms with E-state index in [0.717, 1.165) is 31.3 Å². The van der Waals surface area contributed by atoms with Crippen LogP contribution in [0.5, 0.6) is 0 Å². The average Bonchev–Trinajstić information content (AvgIpc) is 3.15. The fourth-order valence-corrected chi connectivity index (χ4v) is 2.80. The van der Waals surface area contributed by atoms with E-state index in [-0.39, 0.29) is 6.10 Å². The molecule has 0 saturated carbocycles. The molecule has 29 heavy (non-hydrogen) atoms. The molecule has 3 unspecified atom stereocenters. The number of pyridine rings is 1. The highest BCUT2D eigenvalue weighted by Gasteiger charge is 2.31. The van der Waals surface area contributed by atoms with E-state index in [9.17, 15) is 18.0 Å². The highest BCUT2D eigenvalue weighted by atomic mass is 19.4. The molecule has 1 aromatic carbocycles. The minimum atomic E-state index is -4.47. The second-order valence-electron chi connectivity index (χ2n) is 6.72. The van der Waals surface area contributed by atoms with Crippen molar-refractivity contribution in [3.63, 3.8) is 0 Å². The van der Waals surface area contributed by atoms with Crippen LogP contribution >= 0.6 is 0 Å². The molecule has 1 saturated heterocycles. The van der Waals surface area contributed by atoms with Crippen molar-refractivity contribution in [3.8, 4) is 0 Å². The number of benzene rings is 1. The molecule has 0 bridgehead atoms. The summed E-state index contributed by atoms with van der Waals surface area (Å²) in [6.45, 7) is 4.42. The predicted octanol–water partition coefficient (Wildman–Crippen LogP) is 2.20. The fourth-order valence-electron chi connectivity index (χ4n) is 2.80. The summed E-state index contributed by atoms with van der Waals surface area (Å²) in [5, 5.41) is 21.4. The van der Waals surface area contributed by atoms with Crippen molar-refractivity contribution in [3.05, 3.63) is 69.6 Å². The summed E-state index contributed by atoms with van der Waals surface area (Å²) >= 11 is 0. The number of aliphatic hydroxyl groups is 2. The van der Waals surface area contributed by atoms with E-state index in [2.05, 4.69) is 29.6 Å². The summed E-state index contributed by atoms with van der Waals surface area (Å²) in [6.07, 6.45) is -5.42. The predicted molar refractivity (Wildman–Crippen MR) is 101 cm³/mol. The van der Waals surface area contributed by atoms with Gasteiger partial charge in [0.2, 0.25) is 5.56 Å². The molecule has 1 fully saturated rings. The van der Waals surface area contributed by atoms with Crippen LogP contribution in [0.15, 0.2) is 47.3 Å². The minimum absolute atomic E-state index is 0.214. The van der Waals surface area contributed by atoms with Crippen LogP contribution in [0, 0.1) is 0 Å². The Morgan fingerprint density at radius 1 is 1.03 bits per heavy atom. The molecular weight excluding hydrogens is 389 g/mol. The Labute approximate surface area is 166 Å². The molecule has 2 aliphatic heterocycles. The molecule has 4 N–H and O–H groups in total. The van der Waals surface area contributed by atoms with Crippen molar-refractivity contribution >= 4 is 0 Å². The Morgan fingerprint density at radius 3 is 2.10 bits per heavy atom. The van der Waals surface area contributed by atoms with Crippen molar-refractivity contribution in [1.29, 1.82) is 0 Å². The largest absolute Gasteiger partial charge is 0.431 e. The number of hydrogen-bond acceptors (Lipinski definition) is 5. The van der Waals surface area contributed by atoms with Crippen LogP contribution in [0.2, 0.25) is 0 Å². The van der Waals surface area contributed by atoms with Crippen LogP contribution < -0.4 is 10.9 Å². The first-order chi connectivity index (χ1) is 13.7. The van der Waals surface area contributed by atoms with E-state index in [0.29, 0.717) is 13.0 Å². The summed E-state index contributed by atoms with van der Waals surface area (Å²) < 4.78 is 40.4. The van der Waals surface area contributed by atoms with Crippen molar-refractivity contribution in [2.45, 2.75) is 50.9 Å². The lowest BCUT2D eigenvalue weighted by molar-refractivity contribution is -0.141. The van der Waals surface area contributed by atoms with Crippen LogP contribution in [0.3, 0.4) is 0 Å². The quantitative estimate of drug-likeness (QED) is 0.530. The second kappa shape index (κ2) is 10.5. The SMILES string of the molecule is CC1OCCC(O)C1O.O=c1cccc(C(F)(F)F)[nH]1.c1ccc2c(c1)CNC2. The van der Waals surface area contributed by atoms with Crippen molar-refractivity contribution in [2.24, 2.45) is 0 Å². The summed E-state index contributed by atoms with van der Waals surface area (Å²) in [6, 6.07) is 11.4. The van der Waals surface area contributed by atoms with Gasteiger partial charge in [0, 0.05) is 25.8 Å². The van der Waals surface area contributed by atoms with E-state index in [1.54, 1.807) is 11.9 Å². The number of nitrogens with one attached hydrogen (secondary N) is 2. The monoisotopic (exact) mass is 414 g/mol. The van der Waals surface area contributed by atoms with Gasteiger partial charge in [-0.25, -0.2) is 0 Å². The minimum Gasteiger partial charge on any atom is -0.390 e. The molecule has 0 radical (unpaired) electrons. The zero-order valence-electron chi connectivity index (χ0n) is 15.9. The zero-order chi connectivity index (χ0) is 21.4. The Morgan fingerprint density at radius 2 is 1.66 bits per heavy atom. The van der Waals surface area contributed by atoms with E-state index >= 15 is 0 Å². The molecule has 0 amide bonds. The standard InChI is InChI=1S/C8H9N.C6H4F3NO.C6H12O3/c1-2-4-8-6-9-5-7(8)3-1;7-6(8,9)4-2-1-3-5(11)10-4;1-4-6(8)5(7)2-3-9-4/h1-4,9H,5-6H2;1-3H,(H,10,11);4-8H,2-3H2,1H3. The van der Waals surface area contributed by atoms with Gasteiger partial charge >= 0.3 is 6.18 Å². The number of aliphatic hydroxyl groups excluding tert-OH is 2. The number of rotatable bonds is 0. The Bertz CT molecular complexity index is 793. The molecule has 2 aromatic rings. The van der Waals surface area contributed by atoms with Crippen LogP contribution in [0.4, 0.5) is 13.2 Å². The van der Waals surface area contributed by atoms with Crippen LogP contribution in [-0.2, 0) is 24.0 Å². The average molecular weight is 414 g/mol. The van der Waals surface area contributed by atoms with Crippen LogP contribution in [-0.4, -0.2) is 40.1 Å². The van der Waals surface area contributed by atoms with Crippen LogP contribution in [0.1, 0.15) is 30.2 Å². The number of ether oxygens (including phenoxy) is 1. The molecule has 3 atom stereocenters. The number of hydrogen-bond donors (Lipinski definition) is 4. The normalized spacial score (nSPS) is 23.2. The molecule has 4 rings (SSSR count). The summed E-state index contributed by atoms with van der Waals surface area (Å²) in [5.41, 5.74) is 1.14. The second-order valence-corrected chi connectivity index (χ2v) is 6.72. The van der Waals surface area contributed by atoms with Gasteiger partial charge in [-0.2, -0.15) is 13.2 Å². The van der Waals surface area contributed by atoms with Gasteiger partial charge in [-0.05, 0) is 30.5 Å². The molecule has 160 valence electrons. The third kappa shape index (κ3) is 7.28. The lowest BCUT2D eigenvalue weighted by Gasteiger charge is -2.29. The van der Waals surface area contributed by atoms with E-state index < -0.39 is 29.6 Å². The van der Waals surface area contributed by atoms with Crippen molar-refractivity contribution in [1.82, 2.24) is 10.3 Å². The maximum Gasteiger partial charge on any atom is 0.431 e. The first-order valence-corrected chi connectivity index (χ1v) is 9.20. The van der Waals surface area contributed by atoms with Crippen LogP contribution in [0.25, 0.3) is 0 Å². The first kappa shape index (κ1) is 23.1. The van der Waals surface area contributed by atoms with Gasteiger partial charge in [0.05, 0.1) is 12.2 Å². The smallest absolute Gasteiger partial charge is 0.390 e. The molecule has 1 aromatic heterocycles. The van der Waals surface area contributed by atoms with E-state index in [1.165, 1.54) is 11.1 Å². The molecule has 3 heterocycles. The molecular formula is C20H25F3N2O4. The Balaban J connectivity index is 0.000000156. The van der Waals surface area contributed by atoms with Gasteiger partial charge < -0.3 is 25.3 Å². The van der Waals surface area contributed by atoms with Gasteiger partial charge in [0.15, 0.2) is 0 Å². The van der Waals surface area contributed by atoms with Gasteiger partial charge in [-0.15, -0.1) is 0 Å². The van der Waals surface area contributed by atoms with E-state index in [1.807, 2.05) is 0 Å². The molecule has 6 nitrogen and oxygen atoms in total. The molecule has 0 spiro atoms. The molecule has 2 aliphatic rings. The summed E-state index contributed by atoms with van der Waals surface area (Å²) in [5.74, 6) is 0. The Kier molecular flexibility index (Phi) is 8.39. The maximum absolute atomic E-state index is 11.8. The van der Waals surface area contributed by atoms with Gasteiger partial charge in [-0.3, -0.25) is 4.79 Å². The van der Waals surface area contributed by atoms with Gasteiger partial charge in [-0.1, -0.05) is 30.3 Å². The topological polar surface area (TPSA) is 94.6 Å². The van der Waals surface area contributed by atoms with Crippen molar-refractivity contribution in [2.75, 3.05) is 6.61 Å². The number of aromatic nitrogens is 1. The first-order valence-electron chi connectivity index (χ1n) is 9.20. The zero-order valence-corrected chi connectivity index (χ0v) is 15.9. The number of fused-ring (bicyclic) bond motifs is 1. The number of halogens is 3. The molecule has 0 aliphatic carbocycles. The van der Waals surface area contributed by atoms with E-state index in [4.69, 9.17) is 14.9 Å². The Hall–Kier alpha value is -2.20. The third-order valence-electron chi connectivity index (χ3n) is 4.49. The lowest BCUT2D eigenvalue weighted by atomic mass is 10.0. The van der Waals surface area contributed by atoms with Gasteiger partial charge in [0.25, 0.3) is 0 Å². The number of alkyl halides is 3. The molecule has 9 heteroatoms. The highest BCUT2D eigenvalue weighted by molar-refractivity contribution is 5.29. The summed E-state index contributed by atoms with van der Waals surface area (Å²) in [7, 11) is 0. The van der Waals surface area contributed by atoms with Crippen molar-refractivity contribution < 1.29 is 28.1 Å². The summed E-state index contributed by atoms with van der Waals surface area (Å²) in [4.78, 5) is 12.0. The third-order valence-corrected chi connectivity index (χ3v) is 4.49.